The minimum absolute atomic E-state index is 0.261. The van der Waals surface area contributed by atoms with Crippen molar-refractivity contribution in [1.82, 2.24) is 9.97 Å². The number of hydrogen-bond acceptors (Lipinski definition) is 11. The summed E-state index contributed by atoms with van der Waals surface area (Å²) < 4.78 is 49.0. The number of ether oxygens (including phenoxy) is 3. The maximum Gasteiger partial charge on any atom is 0.394 e. The quantitative estimate of drug-likeness (QED) is 0.215. The van der Waals surface area contributed by atoms with Crippen LogP contribution in [0.2, 0.25) is 0 Å². The Morgan fingerprint density at radius 2 is 1.55 bits per heavy atom. The van der Waals surface area contributed by atoms with Crippen molar-refractivity contribution in [3.63, 3.8) is 0 Å². The van der Waals surface area contributed by atoms with Gasteiger partial charge in [0.1, 0.15) is 5.82 Å². The van der Waals surface area contributed by atoms with Gasteiger partial charge in [-0.3, -0.25) is 9.11 Å². The maximum atomic E-state index is 9.25. The molecular formula is C26H24N6O7S. The monoisotopic (exact) mass is 564 g/mol. The molecule has 206 valence electrons. The first kappa shape index (κ1) is 29.4. The van der Waals surface area contributed by atoms with E-state index in [-0.39, 0.29) is 5.88 Å². The zero-order chi connectivity index (χ0) is 29.3. The largest absolute Gasteiger partial charge is 0.493 e. The molecule has 4 rings (SSSR count). The predicted molar refractivity (Wildman–Crippen MR) is 147 cm³/mol. The fourth-order valence-corrected chi connectivity index (χ4v) is 3.52. The topological polar surface area (TPSA) is 200 Å². The Morgan fingerprint density at radius 3 is 2.12 bits per heavy atom. The Morgan fingerprint density at radius 1 is 0.900 bits per heavy atom. The Bertz CT molecular complexity index is 1690. The van der Waals surface area contributed by atoms with Crippen molar-refractivity contribution >= 4 is 38.6 Å². The van der Waals surface area contributed by atoms with E-state index < -0.39 is 10.4 Å². The number of hydrogen-bond donors (Lipinski definition) is 4. The molecule has 0 aliphatic rings. The predicted octanol–water partition coefficient (Wildman–Crippen LogP) is 4.71. The molecule has 0 radical (unpaired) electrons. The highest BCUT2D eigenvalue weighted by Crippen LogP contribution is 2.45. The number of aromatic nitrogens is 2. The molecule has 0 fully saturated rings. The number of rotatable bonds is 8. The molecule has 0 unspecified atom stereocenters. The van der Waals surface area contributed by atoms with Crippen molar-refractivity contribution in [1.29, 1.82) is 10.5 Å². The average Bonchev–Trinajstić information content (AvgIpc) is 2.92. The summed E-state index contributed by atoms with van der Waals surface area (Å²) in [6.07, 6.45) is 0. The van der Waals surface area contributed by atoms with Crippen LogP contribution in [0.5, 0.6) is 23.1 Å². The first-order valence-electron chi connectivity index (χ1n) is 11.4. The molecule has 0 amide bonds. The third kappa shape index (κ3) is 7.92. The van der Waals surface area contributed by atoms with Gasteiger partial charge in [0, 0.05) is 23.7 Å². The normalized spacial score (nSPS) is 10.4. The molecular weight excluding hydrogens is 540 g/mol. The molecule has 0 bridgehead atoms. The maximum absolute atomic E-state index is 9.25. The van der Waals surface area contributed by atoms with Crippen molar-refractivity contribution in [2.75, 3.05) is 31.4 Å². The van der Waals surface area contributed by atoms with Gasteiger partial charge in [-0.1, -0.05) is 0 Å². The van der Waals surface area contributed by atoms with Crippen molar-refractivity contribution in [2.24, 2.45) is 0 Å². The lowest BCUT2D eigenvalue weighted by molar-refractivity contribution is 0.345. The van der Waals surface area contributed by atoms with E-state index in [1.54, 1.807) is 61.7 Å². The van der Waals surface area contributed by atoms with Crippen LogP contribution < -0.4 is 24.8 Å². The molecule has 0 atom stereocenters. The molecule has 0 aliphatic carbocycles. The SMILES string of the molecule is CCNc1cc(Oc2c(OC)cc3cc(C#N)ccc3c2OC)nc(Nc2ccc(C#N)cc2)n1.O=S(=O)(O)O. The van der Waals surface area contributed by atoms with Crippen LogP contribution in [-0.4, -0.2) is 48.3 Å². The standard InChI is InChI=1S/C26H22N6O3.H2O4S/c1-4-29-22-13-23(32-26(31-22)30-19-8-5-16(14-27)6-9-19)35-25-21(33-2)12-18-11-17(15-28)7-10-20(18)24(25)34-3;1-5(2,3)4/h5-13H,4H2,1-3H3,(H2,29,30,31,32);(H2,1,2,3,4). The fraction of sp³-hybridized carbons (Fsp3) is 0.154. The van der Waals surface area contributed by atoms with E-state index in [1.165, 1.54) is 7.11 Å². The van der Waals surface area contributed by atoms with E-state index in [9.17, 15) is 5.26 Å². The average molecular weight is 565 g/mol. The second kappa shape index (κ2) is 13.1. The summed E-state index contributed by atoms with van der Waals surface area (Å²) in [7, 11) is -1.59. The third-order valence-corrected chi connectivity index (χ3v) is 5.10. The molecule has 0 spiro atoms. The Kier molecular flexibility index (Phi) is 9.61. The van der Waals surface area contributed by atoms with Crippen LogP contribution >= 0.6 is 0 Å². The van der Waals surface area contributed by atoms with Gasteiger partial charge in [-0.25, -0.2) is 0 Å². The van der Waals surface area contributed by atoms with E-state index in [2.05, 4.69) is 32.7 Å². The number of benzene rings is 3. The molecule has 0 aliphatic heterocycles. The molecule has 1 heterocycles. The number of anilines is 3. The van der Waals surface area contributed by atoms with Gasteiger partial charge in [-0.2, -0.15) is 28.9 Å². The second-order valence-corrected chi connectivity index (χ2v) is 8.69. The lowest BCUT2D eigenvalue weighted by atomic mass is 10.1. The lowest BCUT2D eigenvalue weighted by Crippen LogP contribution is -2.05. The number of fused-ring (bicyclic) bond motifs is 1. The van der Waals surface area contributed by atoms with Gasteiger partial charge in [0.2, 0.25) is 17.6 Å². The first-order chi connectivity index (χ1) is 19.1. The van der Waals surface area contributed by atoms with Crippen LogP contribution in [0.15, 0.2) is 54.6 Å². The van der Waals surface area contributed by atoms with Gasteiger partial charge in [0.05, 0.1) is 37.5 Å². The van der Waals surface area contributed by atoms with Crippen molar-refractivity contribution in [3.8, 4) is 35.3 Å². The molecule has 0 saturated carbocycles. The van der Waals surface area contributed by atoms with Gasteiger partial charge in [0.25, 0.3) is 0 Å². The van der Waals surface area contributed by atoms with Crippen LogP contribution in [0, 0.1) is 22.7 Å². The highest BCUT2D eigenvalue weighted by molar-refractivity contribution is 7.79. The summed E-state index contributed by atoms with van der Waals surface area (Å²) in [5.74, 6) is 2.35. The van der Waals surface area contributed by atoms with Crippen LogP contribution in [0.25, 0.3) is 10.8 Å². The molecule has 13 nitrogen and oxygen atoms in total. The van der Waals surface area contributed by atoms with E-state index in [1.807, 2.05) is 6.92 Å². The van der Waals surface area contributed by atoms with Gasteiger partial charge >= 0.3 is 10.4 Å². The van der Waals surface area contributed by atoms with Gasteiger partial charge < -0.3 is 24.8 Å². The molecule has 0 saturated heterocycles. The molecule has 4 N–H and O–H groups in total. The second-order valence-electron chi connectivity index (χ2n) is 7.80. The summed E-state index contributed by atoms with van der Waals surface area (Å²) in [6.45, 7) is 2.61. The smallest absolute Gasteiger partial charge is 0.394 e. The molecule has 4 aromatic rings. The highest BCUT2D eigenvalue weighted by Gasteiger charge is 2.19. The molecule has 3 aromatic carbocycles. The summed E-state index contributed by atoms with van der Waals surface area (Å²) in [5.41, 5.74) is 1.80. The number of nitrogens with zero attached hydrogens (tertiary/aromatic N) is 4. The van der Waals surface area contributed by atoms with Gasteiger partial charge in [0.15, 0.2) is 11.5 Å². The summed E-state index contributed by atoms with van der Waals surface area (Å²) in [4.78, 5) is 8.99. The minimum Gasteiger partial charge on any atom is -0.493 e. The summed E-state index contributed by atoms with van der Waals surface area (Å²) in [5, 5.41) is 26.1. The number of nitriles is 2. The van der Waals surface area contributed by atoms with Crippen molar-refractivity contribution in [3.05, 3.63) is 65.7 Å². The van der Waals surface area contributed by atoms with E-state index >= 15 is 0 Å². The lowest BCUT2D eigenvalue weighted by Gasteiger charge is -2.17. The molecule has 14 heteroatoms. The van der Waals surface area contributed by atoms with Crippen LogP contribution in [0.1, 0.15) is 18.1 Å². The Labute approximate surface area is 230 Å². The van der Waals surface area contributed by atoms with Crippen LogP contribution in [-0.2, 0) is 10.4 Å². The molecule has 1 aromatic heterocycles. The van der Waals surface area contributed by atoms with E-state index in [0.717, 1.165) is 16.5 Å². The van der Waals surface area contributed by atoms with E-state index in [0.29, 0.717) is 46.7 Å². The summed E-state index contributed by atoms with van der Waals surface area (Å²) in [6, 6.07) is 19.9. The minimum atomic E-state index is -4.67. The fourth-order valence-electron chi connectivity index (χ4n) is 3.52. The van der Waals surface area contributed by atoms with Crippen molar-refractivity contribution < 1.29 is 31.7 Å². The van der Waals surface area contributed by atoms with Crippen molar-refractivity contribution in [2.45, 2.75) is 6.92 Å². The summed E-state index contributed by atoms with van der Waals surface area (Å²) >= 11 is 0. The molecule has 40 heavy (non-hydrogen) atoms. The zero-order valence-electron chi connectivity index (χ0n) is 21.5. The van der Waals surface area contributed by atoms with Gasteiger partial charge in [-0.05, 0) is 60.8 Å². The zero-order valence-corrected chi connectivity index (χ0v) is 22.4. The van der Waals surface area contributed by atoms with Gasteiger partial charge in [-0.15, -0.1) is 0 Å². The first-order valence-corrected chi connectivity index (χ1v) is 12.8. The Hall–Kier alpha value is -5.15. The third-order valence-electron chi connectivity index (χ3n) is 5.10. The highest BCUT2D eigenvalue weighted by atomic mass is 32.3. The van der Waals surface area contributed by atoms with Crippen LogP contribution in [0.4, 0.5) is 17.5 Å². The van der Waals surface area contributed by atoms with E-state index in [4.69, 9.17) is 37.0 Å². The Balaban J connectivity index is 0.000000810. The number of methoxy groups -OCH3 is 2. The number of nitrogens with one attached hydrogen (secondary N) is 2. The van der Waals surface area contributed by atoms with Crippen LogP contribution in [0.3, 0.4) is 0 Å².